The second-order valence-electron chi connectivity index (χ2n) is 4.29. The van der Waals surface area contributed by atoms with Crippen LogP contribution in [-0.4, -0.2) is 18.4 Å². The van der Waals surface area contributed by atoms with Crippen LogP contribution in [0, 0.1) is 11.8 Å². The summed E-state index contributed by atoms with van der Waals surface area (Å²) in [5.41, 5.74) is 0. The molecule has 1 heterocycles. The number of carbonyl (C=O) groups is 2. The Bertz CT molecular complexity index is 293. The number of ether oxygens (including phenoxy) is 1. The van der Waals surface area contributed by atoms with Gasteiger partial charge in [-0.25, -0.2) is 0 Å². The molecule has 0 spiro atoms. The maximum atomic E-state index is 11.6. The SMILES string of the molecule is O=C1C[C@@H]2CCC(=O)[C@H]2C/C=C\CCO1. The summed E-state index contributed by atoms with van der Waals surface area (Å²) in [4.78, 5) is 23.0. The third-order valence-electron chi connectivity index (χ3n) is 3.28. The first kappa shape index (κ1) is 10.4. The van der Waals surface area contributed by atoms with Crippen molar-refractivity contribution in [3.05, 3.63) is 12.2 Å². The summed E-state index contributed by atoms with van der Waals surface area (Å²) < 4.78 is 5.06. The normalized spacial score (nSPS) is 34.4. The van der Waals surface area contributed by atoms with E-state index in [0.717, 1.165) is 19.3 Å². The number of esters is 1. The van der Waals surface area contributed by atoms with Crippen molar-refractivity contribution < 1.29 is 14.3 Å². The zero-order valence-corrected chi connectivity index (χ0v) is 8.78. The number of hydrogen-bond donors (Lipinski definition) is 0. The minimum atomic E-state index is -0.144. The van der Waals surface area contributed by atoms with Gasteiger partial charge in [-0.1, -0.05) is 12.2 Å². The molecule has 2 atom stereocenters. The molecule has 0 aromatic heterocycles. The molecule has 0 amide bonds. The number of carbonyl (C=O) groups excluding carboxylic acids is 2. The lowest BCUT2D eigenvalue weighted by atomic mass is 9.89. The van der Waals surface area contributed by atoms with Crippen LogP contribution in [-0.2, 0) is 14.3 Å². The van der Waals surface area contributed by atoms with Crippen molar-refractivity contribution in [2.75, 3.05) is 6.61 Å². The third kappa shape index (κ3) is 2.46. The Balaban J connectivity index is 2.08. The maximum absolute atomic E-state index is 11.6. The predicted octanol–water partition coefficient (Wildman–Crippen LogP) is 1.86. The van der Waals surface area contributed by atoms with Crippen molar-refractivity contribution in [1.29, 1.82) is 0 Å². The van der Waals surface area contributed by atoms with Crippen LogP contribution < -0.4 is 0 Å². The smallest absolute Gasteiger partial charge is 0.306 e. The number of rotatable bonds is 0. The molecule has 2 aliphatic rings. The van der Waals surface area contributed by atoms with E-state index in [9.17, 15) is 9.59 Å². The molecule has 82 valence electrons. The molecule has 3 nitrogen and oxygen atoms in total. The summed E-state index contributed by atoms with van der Waals surface area (Å²) in [7, 11) is 0. The van der Waals surface area contributed by atoms with E-state index >= 15 is 0 Å². The largest absolute Gasteiger partial charge is 0.465 e. The van der Waals surface area contributed by atoms with Gasteiger partial charge in [0.25, 0.3) is 0 Å². The molecule has 1 saturated carbocycles. The zero-order valence-electron chi connectivity index (χ0n) is 8.78. The van der Waals surface area contributed by atoms with Gasteiger partial charge in [-0.3, -0.25) is 9.59 Å². The molecule has 1 aliphatic carbocycles. The molecule has 0 aromatic carbocycles. The number of Topliss-reactive ketones (excluding diaryl/α,β-unsaturated/α-hetero) is 1. The number of allylic oxidation sites excluding steroid dienone is 1. The Morgan fingerprint density at radius 3 is 3.00 bits per heavy atom. The first-order valence-electron chi connectivity index (χ1n) is 5.60. The van der Waals surface area contributed by atoms with Gasteiger partial charge in [0.1, 0.15) is 5.78 Å². The first-order valence-corrected chi connectivity index (χ1v) is 5.60. The lowest BCUT2D eigenvalue weighted by Crippen LogP contribution is -2.19. The van der Waals surface area contributed by atoms with Crippen LogP contribution in [0.25, 0.3) is 0 Å². The summed E-state index contributed by atoms with van der Waals surface area (Å²) in [5, 5.41) is 0. The fraction of sp³-hybridized carbons (Fsp3) is 0.667. The molecule has 1 aliphatic heterocycles. The van der Waals surface area contributed by atoms with E-state index in [1.54, 1.807) is 0 Å². The Morgan fingerprint density at radius 2 is 2.13 bits per heavy atom. The Hall–Kier alpha value is -1.12. The van der Waals surface area contributed by atoms with Crippen LogP contribution >= 0.6 is 0 Å². The molecule has 0 bridgehead atoms. The van der Waals surface area contributed by atoms with Gasteiger partial charge in [0.2, 0.25) is 0 Å². The van der Waals surface area contributed by atoms with Crippen molar-refractivity contribution >= 4 is 11.8 Å². The minimum Gasteiger partial charge on any atom is -0.465 e. The van der Waals surface area contributed by atoms with Gasteiger partial charge in [0, 0.05) is 18.8 Å². The van der Waals surface area contributed by atoms with E-state index in [4.69, 9.17) is 4.74 Å². The number of hydrogen-bond acceptors (Lipinski definition) is 3. The van der Waals surface area contributed by atoms with Crippen LogP contribution in [0.4, 0.5) is 0 Å². The van der Waals surface area contributed by atoms with E-state index in [2.05, 4.69) is 6.08 Å². The molecule has 3 heteroatoms. The zero-order chi connectivity index (χ0) is 10.7. The number of cyclic esters (lactones) is 1. The average molecular weight is 208 g/mol. The molecule has 0 saturated heterocycles. The molecule has 0 N–H and O–H groups in total. The second kappa shape index (κ2) is 4.60. The highest BCUT2D eigenvalue weighted by Crippen LogP contribution is 2.34. The van der Waals surface area contributed by atoms with E-state index in [0.29, 0.717) is 25.2 Å². The monoisotopic (exact) mass is 208 g/mol. The lowest BCUT2D eigenvalue weighted by molar-refractivity contribution is -0.145. The van der Waals surface area contributed by atoms with Gasteiger partial charge in [-0.2, -0.15) is 0 Å². The van der Waals surface area contributed by atoms with Crippen molar-refractivity contribution in [3.63, 3.8) is 0 Å². The van der Waals surface area contributed by atoms with Gasteiger partial charge < -0.3 is 4.74 Å². The van der Waals surface area contributed by atoms with Crippen LogP contribution in [0.3, 0.4) is 0 Å². The van der Waals surface area contributed by atoms with Crippen molar-refractivity contribution in [1.82, 2.24) is 0 Å². The first-order chi connectivity index (χ1) is 7.27. The molecular weight excluding hydrogens is 192 g/mol. The Morgan fingerprint density at radius 1 is 1.27 bits per heavy atom. The fourth-order valence-corrected chi connectivity index (χ4v) is 2.42. The summed E-state index contributed by atoms with van der Waals surface area (Å²) in [6, 6.07) is 0. The van der Waals surface area contributed by atoms with Crippen molar-refractivity contribution in [3.8, 4) is 0 Å². The average Bonchev–Trinajstić information content (AvgIpc) is 2.55. The summed E-state index contributed by atoms with van der Waals surface area (Å²) in [6.07, 6.45) is 7.53. The predicted molar refractivity (Wildman–Crippen MR) is 55.2 cm³/mol. The quantitative estimate of drug-likeness (QED) is 0.451. The van der Waals surface area contributed by atoms with E-state index < -0.39 is 0 Å². The summed E-state index contributed by atoms with van der Waals surface area (Å²) >= 11 is 0. The van der Waals surface area contributed by atoms with E-state index in [-0.39, 0.29) is 17.8 Å². The van der Waals surface area contributed by atoms with Crippen molar-refractivity contribution in [2.24, 2.45) is 11.8 Å². The summed E-state index contributed by atoms with van der Waals surface area (Å²) in [5.74, 6) is 0.452. The molecule has 15 heavy (non-hydrogen) atoms. The number of fused-ring (bicyclic) bond motifs is 1. The van der Waals surface area contributed by atoms with Gasteiger partial charge in [0.05, 0.1) is 6.61 Å². The highest BCUT2D eigenvalue weighted by atomic mass is 16.5. The maximum Gasteiger partial charge on any atom is 0.306 e. The van der Waals surface area contributed by atoms with Gasteiger partial charge >= 0.3 is 5.97 Å². The highest BCUT2D eigenvalue weighted by molar-refractivity contribution is 5.84. The van der Waals surface area contributed by atoms with Gasteiger partial charge in [0.15, 0.2) is 0 Å². The Labute approximate surface area is 89.5 Å². The second-order valence-corrected chi connectivity index (χ2v) is 4.29. The molecular formula is C12H16O3. The van der Waals surface area contributed by atoms with Gasteiger partial charge in [-0.15, -0.1) is 0 Å². The molecule has 0 unspecified atom stereocenters. The molecule has 0 aromatic rings. The van der Waals surface area contributed by atoms with E-state index in [1.165, 1.54) is 0 Å². The molecule has 0 radical (unpaired) electrons. The van der Waals surface area contributed by atoms with Crippen LogP contribution in [0.5, 0.6) is 0 Å². The summed E-state index contributed by atoms with van der Waals surface area (Å²) in [6.45, 7) is 0.473. The van der Waals surface area contributed by atoms with E-state index in [1.807, 2.05) is 6.08 Å². The third-order valence-corrected chi connectivity index (χ3v) is 3.28. The number of ketones is 1. The lowest BCUT2D eigenvalue weighted by Gasteiger charge is -2.17. The molecule has 1 fully saturated rings. The topological polar surface area (TPSA) is 43.4 Å². The van der Waals surface area contributed by atoms with Crippen LogP contribution in [0.15, 0.2) is 12.2 Å². The van der Waals surface area contributed by atoms with Crippen LogP contribution in [0.1, 0.15) is 32.1 Å². The van der Waals surface area contributed by atoms with Crippen molar-refractivity contribution in [2.45, 2.75) is 32.1 Å². The standard InChI is InChI=1S/C12H16O3/c13-11-6-5-9-8-12(14)15-7-3-1-2-4-10(9)11/h1-2,9-10H,3-8H2/b2-1-/t9-,10-/m0/s1. The minimum absolute atomic E-state index is 0.0619. The highest BCUT2D eigenvalue weighted by Gasteiger charge is 2.35. The Kier molecular flexibility index (Phi) is 3.19. The van der Waals surface area contributed by atoms with Gasteiger partial charge in [-0.05, 0) is 25.2 Å². The fourth-order valence-electron chi connectivity index (χ4n) is 2.42. The van der Waals surface area contributed by atoms with Crippen LogP contribution in [0.2, 0.25) is 0 Å². The molecule has 2 rings (SSSR count).